The van der Waals surface area contributed by atoms with Crippen molar-refractivity contribution in [3.8, 4) is 10.6 Å². The van der Waals surface area contributed by atoms with Gasteiger partial charge < -0.3 is 0 Å². The molecule has 3 aromatic rings. The third kappa shape index (κ3) is 3.06. The summed E-state index contributed by atoms with van der Waals surface area (Å²) in [6, 6.07) is 8.43. The minimum absolute atomic E-state index is 0.0840. The first-order chi connectivity index (χ1) is 10.4. The minimum atomic E-state index is -0.0840. The van der Waals surface area contributed by atoms with Gasteiger partial charge in [-0.2, -0.15) is 0 Å². The second-order valence-corrected chi connectivity index (χ2v) is 7.28. The number of rotatable bonds is 3. The molecular weight excluding hydrogens is 294 g/mol. The summed E-state index contributed by atoms with van der Waals surface area (Å²) in [5, 5.41) is 15.1. The molecule has 0 aliphatic carbocycles. The van der Waals surface area contributed by atoms with Gasteiger partial charge in [0.2, 0.25) is 0 Å². The number of nitrogens with zero attached hydrogens (tertiary/aromatic N) is 5. The van der Waals surface area contributed by atoms with E-state index >= 15 is 0 Å². The zero-order chi connectivity index (χ0) is 15.7. The third-order valence-electron chi connectivity index (χ3n) is 3.36. The number of thiazole rings is 1. The van der Waals surface area contributed by atoms with E-state index in [1.165, 1.54) is 5.56 Å². The molecule has 114 valence electrons. The van der Waals surface area contributed by atoms with Crippen LogP contribution in [0.4, 0.5) is 0 Å². The van der Waals surface area contributed by atoms with Crippen molar-refractivity contribution >= 4 is 11.3 Å². The van der Waals surface area contributed by atoms with Crippen LogP contribution in [0.1, 0.15) is 37.9 Å². The first-order valence-electron chi connectivity index (χ1n) is 7.21. The van der Waals surface area contributed by atoms with Crippen molar-refractivity contribution in [3.05, 3.63) is 46.7 Å². The van der Waals surface area contributed by atoms with Gasteiger partial charge in [-0.05, 0) is 17.4 Å². The zero-order valence-corrected chi connectivity index (χ0v) is 14.1. The smallest absolute Gasteiger partial charge is 0.157 e. The number of tetrazole rings is 1. The van der Waals surface area contributed by atoms with Gasteiger partial charge >= 0.3 is 0 Å². The van der Waals surface area contributed by atoms with Gasteiger partial charge in [0.25, 0.3) is 0 Å². The minimum Gasteiger partial charge on any atom is -0.239 e. The molecule has 0 radical (unpaired) electrons. The summed E-state index contributed by atoms with van der Waals surface area (Å²) in [4.78, 5) is 4.71. The standard InChI is InChI=1S/C16H19N5S/c1-11-5-7-12(8-6-11)14-17-13(10-22-14)9-21-15(16(2,3)4)18-19-20-21/h5-8,10H,9H2,1-4H3. The molecule has 0 atom stereocenters. The highest BCUT2D eigenvalue weighted by atomic mass is 32.1. The lowest BCUT2D eigenvalue weighted by molar-refractivity contribution is 0.488. The number of benzene rings is 1. The van der Waals surface area contributed by atoms with Gasteiger partial charge in [0, 0.05) is 16.4 Å². The molecule has 22 heavy (non-hydrogen) atoms. The molecule has 0 fully saturated rings. The van der Waals surface area contributed by atoms with Crippen molar-refractivity contribution in [1.82, 2.24) is 25.2 Å². The van der Waals surface area contributed by atoms with Crippen LogP contribution in [0.5, 0.6) is 0 Å². The first-order valence-corrected chi connectivity index (χ1v) is 8.09. The normalized spacial score (nSPS) is 11.8. The van der Waals surface area contributed by atoms with Crippen LogP contribution in [0, 0.1) is 6.92 Å². The van der Waals surface area contributed by atoms with Gasteiger partial charge in [-0.25, -0.2) is 9.67 Å². The largest absolute Gasteiger partial charge is 0.239 e. The van der Waals surface area contributed by atoms with Crippen LogP contribution < -0.4 is 0 Å². The molecule has 0 unspecified atom stereocenters. The van der Waals surface area contributed by atoms with E-state index in [0.717, 1.165) is 22.1 Å². The Morgan fingerprint density at radius 2 is 1.86 bits per heavy atom. The summed E-state index contributed by atoms with van der Waals surface area (Å²) < 4.78 is 1.83. The Morgan fingerprint density at radius 3 is 2.55 bits per heavy atom. The van der Waals surface area contributed by atoms with Crippen LogP contribution in [0.25, 0.3) is 10.6 Å². The van der Waals surface area contributed by atoms with E-state index in [9.17, 15) is 0 Å². The van der Waals surface area contributed by atoms with E-state index in [0.29, 0.717) is 6.54 Å². The predicted molar refractivity (Wildman–Crippen MR) is 87.9 cm³/mol. The fourth-order valence-corrected chi connectivity index (χ4v) is 3.03. The molecule has 0 aliphatic rings. The molecule has 0 bridgehead atoms. The molecule has 1 aromatic carbocycles. The highest BCUT2D eigenvalue weighted by Gasteiger charge is 2.22. The summed E-state index contributed by atoms with van der Waals surface area (Å²) in [6.07, 6.45) is 0. The maximum absolute atomic E-state index is 4.71. The van der Waals surface area contributed by atoms with Crippen molar-refractivity contribution in [2.24, 2.45) is 0 Å². The van der Waals surface area contributed by atoms with E-state index in [1.807, 2.05) is 4.68 Å². The third-order valence-corrected chi connectivity index (χ3v) is 4.30. The fraction of sp³-hybridized carbons (Fsp3) is 0.375. The van der Waals surface area contributed by atoms with Crippen molar-refractivity contribution in [1.29, 1.82) is 0 Å². The van der Waals surface area contributed by atoms with Crippen molar-refractivity contribution in [2.45, 2.75) is 39.7 Å². The molecule has 0 aliphatic heterocycles. The fourth-order valence-electron chi connectivity index (χ4n) is 2.21. The van der Waals surface area contributed by atoms with Gasteiger partial charge in [0.15, 0.2) is 5.82 Å². The summed E-state index contributed by atoms with van der Waals surface area (Å²) in [5.74, 6) is 0.873. The van der Waals surface area contributed by atoms with E-state index < -0.39 is 0 Å². The van der Waals surface area contributed by atoms with Gasteiger partial charge in [-0.15, -0.1) is 16.4 Å². The van der Waals surface area contributed by atoms with Crippen molar-refractivity contribution < 1.29 is 0 Å². The monoisotopic (exact) mass is 313 g/mol. The maximum atomic E-state index is 4.71. The van der Waals surface area contributed by atoms with Gasteiger partial charge in [0.05, 0.1) is 12.2 Å². The topological polar surface area (TPSA) is 56.5 Å². The summed E-state index contributed by atoms with van der Waals surface area (Å²) in [7, 11) is 0. The molecule has 6 heteroatoms. The van der Waals surface area contributed by atoms with Crippen LogP contribution in [0.2, 0.25) is 0 Å². The molecule has 5 nitrogen and oxygen atoms in total. The Hall–Kier alpha value is -2.08. The number of hydrogen-bond acceptors (Lipinski definition) is 5. The quantitative estimate of drug-likeness (QED) is 0.743. The average molecular weight is 313 g/mol. The molecule has 0 saturated heterocycles. The van der Waals surface area contributed by atoms with Crippen LogP contribution in [0.15, 0.2) is 29.6 Å². The highest BCUT2D eigenvalue weighted by molar-refractivity contribution is 7.13. The van der Waals surface area contributed by atoms with Crippen LogP contribution in [-0.4, -0.2) is 25.2 Å². The lowest BCUT2D eigenvalue weighted by Gasteiger charge is -2.16. The summed E-state index contributed by atoms with van der Waals surface area (Å²) in [5.41, 5.74) is 3.30. The summed E-state index contributed by atoms with van der Waals surface area (Å²) in [6.45, 7) is 9.00. The zero-order valence-electron chi connectivity index (χ0n) is 13.2. The Kier molecular flexibility index (Phi) is 3.78. The second kappa shape index (κ2) is 5.61. The van der Waals surface area contributed by atoms with Crippen LogP contribution in [-0.2, 0) is 12.0 Å². The van der Waals surface area contributed by atoms with Crippen molar-refractivity contribution in [3.63, 3.8) is 0 Å². The Labute approximate surface area is 134 Å². The van der Waals surface area contributed by atoms with E-state index in [2.05, 4.69) is 72.9 Å². The maximum Gasteiger partial charge on any atom is 0.157 e. The van der Waals surface area contributed by atoms with Crippen LogP contribution in [0.3, 0.4) is 0 Å². The molecule has 3 rings (SSSR count). The SMILES string of the molecule is Cc1ccc(-c2nc(Cn3nnnc3C(C)(C)C)cs2)cc1. The van der Waals surface area contributed by atoms with Crippen molar-refractivity contribution in [2.75, 3.05) is 0 Å². The number of aryl methyl sites for hydroxylation is 1. The van der Waals surface area contributed by atoms with E-state index in [4.69, 9.17) is 4.98 Å². The van der Waals surface area contributed by atoms with Gasteiger partial charge in [0.1, 0.15) is 5.01 Å². The number of aromatic nitrogens is 5. The van der Waals surface area contributed by atoms with Gasteiger partial charge in [-0.3, -0.25) is 0 Å². The van der Waals surface area contributed by atoms with E-state index in [1.54, 1.807) is 11.3 Å². The molecule has 0 amide bonds. The number of hydrogen-bond donors (Lipinski definition) is 0. The molecule has 0 saturated carbocycles. The lowest BCUT2D eigenvalue weighted by Crippen LogP contribution is -2.20. The second-order valence-electron chi connectivity index (χ2n) is 6.42. The average Bonchev–Trinajstić information content (AvgIpc) is 3.09. The van der Waals surface area contributed by atoms with Crippen LogP contribution >= 0.6 is 11.3 Å². The molecule has 2 heterocycles. The molecule has 0 N–H and O–H groups in total. The van der Waals surface area contributed by atoms with Gasteiger partial charge in [-0.1, -0.05) is 50.6 Å². The lowest BCUT2D eigenvalue weighted by atomic mass is 9.96. The molecular formula is C16H19N5S. The predicted octanol–water partition coefficient (Wildman–Crippen LogP) is 3.45. The summed E-state index contributed by atoms with van der Waals surface area (Å²) >= 11 is 1.65. The molecule has 0 spiro atoms. The highest BCUT2D eigenvalue weighted by Crippen LogP contribution is 2.25. The van der Waals surface area contributed by atoms with E-state index in [-0.39, 0.29) is 5.41 Å². The Bertz CT molecular complexity index is 764. The molecule has 2 aromatic heterocycles. The Morgan fingerprint density at radius 1 is 1.14 bits per heavy atom. The first kappa shape index (κ1) is 14.8. The Balaban J connectivity index is 1.83.